The number of aliphatic carboxylic acids is 1. The monoisotopic (exact) mass is 353 g/mol. The number of carboxylic acids is 1. The van der Waals surface area contributed by atoms with Crippen LogP contribution in [0.2, 0.25) is 0 Å². The normalized spacial score (nSPS) is 14.6. The second-order valence-corrected chi connectivity index (χ2v) is 6.94. The van der Waals surface area contributed by atoms with Gasteiger partial charge < -0.3 is 19.5 Å². The van der Waals surface area contributed by atoms with Crippen LogP contribution in [0.4, 0.5) is 0 Å². The number of carbonyl (C=O) groups is 2. The molecule has 1 aliphatic heterocycles. The average molecular weight is 353 g/mol. The number of hydrogen-bond acceptors (Lipinski definition) is 5. The molecule has 1 aromatic rings. The predicted molar refractivity (Wildman–Crippen MR) is 91.8 cm³/mol. The fraction of sp³-hybridized carbons (Fsp3) is 0.529. The Bertz CT molecular complexity index is 592. The molecule has 0 saturated heterocycles. The number of hydrogen-bond donors (Lipinski definition) is 1. The maximum Gasteiger partial charge on any atom is 0.308 e. The van der Waals surface area contributed by atoms with Gasteiger partial charge in [0.25, 0.3) is 0 Å². The lowest BCUT2D eigenvalue weighted by atomic mass is 10.2. The van der Waals surface area contributed by atoms with E-state index in [0.29, 0.717) is 25.4 Å². The minimum absolute atomic E-state index is 0.0510. The second-order valence-electron chi connectivity index (χ2n) is 5.77. The van der Waals surface area contributed by atoms with Crippen molar-refractivity contribution < 1.29 is 24.2 Å². The molecule has 1 N–H and O–H groups in total. The summed E-state index contributed by atoms with van der Waals surface area (Å²) in [5.74, 6) is 0.630. The first kappa shape index (κ1) is 18.4. The number of fused-ring (bicyclic) bond motifs is 1. The largest absolute Gasteiger partial charge is 0.490 e. The number of nitrogens with zero attached hydrogens (tertiary/aromatic N) is 1. The van der Waals surface area contributed by atoms with Gasteiger partial charge in [-0.05, 0) is 18.2 Å². The van der Waals surface area contributed by atoms with Gasteiger partial charge in [-0.25, -0.2) is 0 Å². The smallest absolute Gasteiger partial charge is 0.308 e. The summed E-state index contributed by atoms with van der Waals surface area (Å²) in [4.78, 5) is 25.4. The topological polar surface area (TPSA) is 76.1 Å². The summed E-state index contributed by atoms with van der Waals surface area (Å²) in [7, 11) is 1.64. The molecule has 0 aliphatic carbocycles. The van der Waals surface area contributed by atoms with Gasteiger partial charge in [0.05, 0.1) is 19.1 Å². The number of benzene rings is 1. The first-order chi connectivity index (χ1) is 11.5. The van der Waals surface area contributed by atoms with Crippen molar-refractivity contribution in [3.05, 3.63) is 18.2 Å². The summed E-state index contributed by atoms with van der Waals surface area (Å²) in [6.45, 7) is 3.13. The highest BCUT2D eigenvalue weighted by Crippen LogP contribution is 2.34. The van der Waals surface area contributed by atoms with Gasteiger partial charge in [0.2, 0.25) is 5.91 Å². The molecule has 0 spiro atoms. The van der Waals surface area contributed by atoms with Crippen molar-refractivity contribution in [1.29, 1.82) is 0 Å². The zero-order valence-electron chi connectivity index (χ0n) is 14.0. The maximum atomic E-state index is 12.0. The van der Waals surface area contributed by atoms with E-state index < -0.39 is 11.9 Å². The molecule has 6 nitrogen and oxygen atoms in total. The third kappa shape index (κ3) is 5.33. The third-order valence-corrected chi connectivity index (χ3v) is 4.69. The van der Waals surface area contributed by atoms with Crippen LogP contribution in [0.5, 0.6) is 11.5 Å². The van der Waals surface area contributed by atoms with Crippen LogP contribution < -0.4 is 9.47 Å². The fourth-order valence-electron chi connectivity index (χ4n) is 2.27. The van der Waals surface area contributed by atoms with Crippen molar-refractivity contribution in [3.63, 3.8) is 0 Å². The summed E-state index contributed by atoms with van der Waals surface area (Å²) < 4.78 is 11.2. The van der Waals surface area contributed by atoms with E-state index in [4.69, 9.17) is 14.6 Å². The highest BCUT2D eigenvalue weighted by molar-refractivity contribution is 7.99. The van der Waals surface area contributed by atoms with E-state index in [1.54, 1.807) is 25.7 Å². The number of rotatable bonds is 7. The summed E-state index contributed by atoms with van der Waals surface area (Å²) in [6.07, 6.45) is 1.23. The van der Waals surface area contributed by atoms with Gasteiger partial charge in [-0.15, -0.1) is 11.8 Å². The van der Waals surface area contributed by atoms with Crippen LogP contribution in [0.1, 0.15) is 19.8 Å². The number of carboxylic acid groups (broad SMARTS) is 1. The summed E-state index contributed by atoms with van der Waals surface area (Å²) >= 11 is 1.57. The van der Waals surface area contributed by atoms with Crippen LogP contribution in [0.25, 0.3) is 0 Å². The fourth-order valence-corrected chi connectivity index (χ4v) is 3.14. The van der Waals surface area contributed by atoms with Crippen molar-refractivity contribution >= 4 is 23.6 Å². The van der Waals surface area contributed by atoms with Crippen LogP contribution in [-0.4, -0.2) is 54.4 Å². The Morgan fingerprint density at radius 1 is 1.29 bits per heavy atom. The van der Waals surface area contributed by atoms with Gasteiger partial charge >= 0.3 is 5.97 Å². The lowest BCUT2D eigenvalue weighted by molar-refractivity contribution is -0.142. The molecule has 0 fully saturated rings. The van der Waals surface area contributed by atoms with Crippen LogP contribution in [0.15, 0.2) is 23.1 Å². The zero-order valence-corrected chi connectivity index (χ0v) is 14.8. The van der Waals surface area contributed by atoms with Gasteiger partial charge in [0.15, 0.2) is 11.5 Å². The van der Waals surface area contributed by atoms with E-state index in [1.807, 2.05) is 18.2 Å². The average Bonchev–Trinajstić information content (AvgIpc) is 2.79. The van der Waals surface area contributed by atoms with E-state index in [9.17, 15) is 9.59 Å². The van der Waals surface area contributed by atoms with Crippen molar-refractivity contribution in [2.24, 2.45) is 5.92 Å². The molecule has 7 heteroatoms. The molecule has 1 unspecified atom stereocenters. The Balaban J connectivity index is 1.80. The Labute approximate surface area is 146 Å². The predicted octanol–water partition coefficient (Wildman–Crippen LogP) is 2.51. The Morgan fingerprint density at radius 3 is 2.71 bits per heavy atom. The minimum atomic E-state index is -0.892. The van der Waals surface area contributed by atoms with Crippen LogP contribution in [0.3, 0.4) is 0 Å². The van der Waals surface area contributed by atoms with Crippen molar-refractivity contribution in [3.8, 4) is 11.5 Å². The third-order valence-electron chi connectivity index (χ3n) is 3.70. The van der Waals surface area contributed by atoms with Crippen molar-refractivity contribution in [2.45, 2.75) is 24.7 Å². The molecule has 1 aromatic carbocycles. The molecule has 1 aliphatic rings. The molecule has 132 valence electrons. The first-order valence-electron chi connectivity index (χ1n) is 7.96. The molecule has 0 bridgehead atoms. The highest BCUT2D eigenvalue weighted by atomic mass is 32.2. The zero-order chi connectivity index (χ0) is 17.5. The second kappa shape index (κ2) is 8.82. The Morgan fingerprint density at radius 2 is 2.00 bits per heavy atom. The molecule has 1 amide bonds. The quantitative estimate of drug-likeness (QED) is 0.759. The molecular formula is C17H23NO5S. The van der Waals surface area contributed by atoms with E-state index in [-0.39, 0.29) is 12.5 Å². The van der Waals surface area contributed by atoms with Crippen LogP contribution in [-0.2, 0) is 9.59 Å². The van der Waals surface area contributed by atoms with Gasteiger partial charge in [-0.1, -0.05) is 6.92 Å². The van der Waals surface area contributed by atoms with Crippen LogP contribution >= 0.6 is 11.8 Å². The number of carbonyl (C=O) groups excluding carboxylic acids is 1. The Hall–Kier alpha value is -1.89. The SMILES string of the molecule is CC(CN(C)C(=O)CCSc1ccc2c(c1)OCCCO2)C(=O)O. The molecule has 0 radical (unpaired) electrons. The molecule has 24 heavy (non-hydrogen) atoms. The van der Waals surface area contributed by atoms with Crippen LogP contribution in [0, 0.1) is 5.92 Å². The maximum absolute atomic E-state index is 12.0. The summed E-state index contributed by atoms with van der Waals surface area (Å²) in [5, 5.41) is 8.89. The summed E-state index contributed by atoms with van der Waals surface area (Å²) in [6, 6.07) is 5.79. The van der Waals surface area contributed by atoms with Crippen molar-refractivity contribution in [2.75, 3.05) is 32.6 Å². The standard InChI is InChI=1S/C17H23NO5S/c1-12(17(20)21)11-18(2)16(19)6-9-24-13-4-5-14-15(10-13)23-8-3-7-22-14/h4-5,10,12H,3,6-9,11H2,1-2H3,(H,20,21). The first-order valence-corrected chi connectivity index (χ1v) is 8.95. The van der Waals surface area contributed by atoms with Gasteiger partial charge in [-0.2, -0.15) is 0 Å². The molecule has 0 aromatic heterocycles. The van der Waals surface area contributed by atoms with Crippen molar-refractivity contribution in [1.82, 2.24) is 4.90 Å². The number of thioether (sulfide) groups is 1. The van der Waals surface area contributed by atoms with E-state index in [0.717, 1.165) is 22.8 Å². The summed E-state index contributed by atoms with van der Waals surface area (Å²) in [5.41, 5.74) is 0. The molecular weight excluding hydrogens is 330 g/mol. The number of ether oxygens (including phenoxy) is 2. The molecule has 1 atom stereocenters. The number of amides is 1. The van der Waals surface area contributed by atoms with Gasteiger partial charge in [-0.3, -0.25) is 9.59 Å². The minimum Gasteiger partial charge on any atom is -0.490 e. The van der Waals surface area contributed by atoms with Gasteiger partial charge in [0, 0.05) is 37.1 Å². The van der Waals surface area contributed by atoms with E-state index >= 15 is 0 Å². The lowest BCUT2D eigenvalue weighted by Gasteiger charge is -2.19. The highest BCUT2D eigenvalue weighted by Gasteiger charge is 2.17. The van der Waals surface area contributed by atoms with E-state index in [1.165, 1.54) is 4.90 Å². The molecule has 0 saturated carbocycles. The van der Waals surface area contributed by atoms with Gasteiger partial charge in [0.1, 0.15) is 0 Å². The Kier molecular flexibility index (Phi) is 6.78. The molecule has 1 heterocycles. The lowest BCUT2D eigenvalue weighted by Crippen LogP contribution is -2.33. The molecule has 2 rings (SSSR count). The van der Waals surface area contributed by atoms with E-state index in [2.05, 4.69) is 0 Å².